The highest BCUT2D eigenvalue weighted by Gasteiger charge is 2.46. The van der Waals surface area contributed by atoms with E-state index in [4.69, 9.17) is 39.3 Å². The average molecular weight is 527 g/mol. The first kappa shape index (κ1) is 26.5. The van der Waals surface area contributed by atoms with Crippen LogP contribution in [0.15, 0.2) is 11.4 Å². The Kier molecular flexibility index (Phi) is 7.97. The molecule has 36 heavy (non-hydrogen) atoms. The van der Waals surface area contributed by atoms with Crippen molar-refractivity contribution in [1.29, 1.82) is 0 Å². The highest BCUT2D eigenvalue weighted by atomic mass is 31.2. The minimum atomic E-state index is -3.80. The molecule has 17 heteroatoms. The highest BCUT2D eigenvalue weighted by molar-refractivity contribution is 7.51. The molecule has 2 aliphatic heterocycles. The van der Waals surface area contributed by atoms with Gasteiger partial charge in [0.2, 0.25) is 11.8 Å². The van der Waals surface area contributed by atoms with Crippen LogP contribution in [0.1, 0.15) is 40.8 Å². The van der Waals surface area contributed by atoms with Gasteiger partial charge < -0.3 is 24.7 Å². The molecule has 0 spiro atoms. The van der Waals surface area contributed by atoms with Crippen molar-refractivity contribution in [3.05, 3.63) is 16.8 Å². The van der Waals surface area contributed by atoms with Gasteiger partial charge >= 0.3 is 7.75 Å². The number of hydrogen-bond donors (Lipinski definition) is 2. The van der Waals surface area contributed by atoms with Crippen LogP contribution >= 0.6 is 7.75 Å². The number of imidazole rings is 1. The average Bonchev–Trinajstić information content (AvgIpc) is 3.22. The van der Waals surface area contributed by atoms with E-state index in [0.717, 1.165) is 0 Å². The van der Waals surface area contributed by atoms with Crippen molar-refractivity contribution in [2.24, 2.45) is 5.11 Å². The number of nitrogen functional groups attached to an aromatic ring is 1. The Morgan fingerprint density at radius 2 is 2.14 bits per heavy atom. The topological polar surface area (TPSA) is 203 Å². The lowest BCUT2D eigenvalue weighted by Crippen LogP contribution is -2.52. The zero-order chi connectivity index (χ0) is 26.0. The summed E-state index contributed by atoms with van der Waals surface area (Å²) in [5, 5.41) is 6.53. The maximum atomic E-state index is 13.3. The van der Waals surface area contributed by atoms with Crippen molar-refractivity contribution in [1.82, 2.24) is 24.6 Å². The van der Waals surface area contributed by atoms with Crippen molar-refractivity contribution < 1.29 is 32.6 Å². The van der Waals surface area contributed by atoms with E-state index in [-0.39, 0.29) is 24.7 Å². The third-order valence-electron chi connectivity index (χ3n) is 5.62. The SMILES string of the molecule is CCOc1nc(N)nc2c1ncn2C(C)O[C@@H]1COP(=O)(N[C@@H](C)C2OC(C)O2)O[C@H]1[C@@H](C)N=[N+]=[N-]. The van der Waals surface area contributed by atoms with Crippen LogP contribution in [-0.4, -0.2) is 69.6 Å². The number of azide groups is 1. The molecule has 0 bridgehead atoms. The Labute approximate surface area is 207 Å². The Morgan fingerprint density at radius 3 is 2.81 bits per heavy atom. The third kappa shape index (κ3) is 5.56. The number of nitrogens with zero attached hydrogens (tertiary/aromatic N) is 7. The monoisotopic (exact) mass is 527 g/mol. The zero-order valence-corrected chi connectivity index (χ0v) is 21.4. The standard InChI is InChI=1S/C19H30N9O7P/c1-6-30-17-14-16(23-19(20)24-17)28(8-22-14)11(4)32-13-7-31-36(29,35-15(13)9(2)25-27-21)26-10(3)18-33-12(5)34-18/h8-13,15,18H,6-7H2,1-5H3,(H,26,29)(H2,20,23,24)/t9-,10+,11?,12?,13-,15+,18?,36?/m1/s1. The Balaban J connectivity index is 1.52. The second-order valence-corrected chi connectivity index (χ2v) is 10.1. The first-order valence-electron chi connectivity index (χ1n) is 11.5. The molecule has 2 unspecified atom stereocenters. The van der Waals surface area contributed by atoms with Crippen molar-refractivity contribution >= 4 is 24.9 Å². The fraction of sp³-hybridized carbons (Fsp3) is 0.737. The summed E-state index contributed by atoms with van der Waals surface area (Å²) in [6.45, 7) is 8.98. The number of aromatic nitrogens is 4. The summed E-state index contributed by atoms with van der Waals surface area (Å²) in [5.74, 6) is 0.286. The van der Waals surface area contributed by atoms with Gasteiger partial charge in [-0.15, -0.1) is 0 Å². The molecular weight excluding hydrogens is 497 g/mol. The number of nitrogens with two attached hydrogens (primary N) is 1. The molecule has 0 radical (unpaired) electrons. The van der Waals surface area contributed by atoms with E-state index < -0.39 is 44.6 Å². The fourth-order valence-electron chi connectivity index (χ4n) is 3.92. The number of ether oxygens (including phenoxy) is 4. The van der Waals surface area contributed by atoms with E-state index in [2.05, 4.69) is 30.1 Å². The molecule has 6 atom stereocenters. The van der Waals surface area contributed by atoms with E-state index in [1.807, 2.05) is 6.92 Å². The van der Waals surface area contributed by atoms with E-state index in [1.165, 1.54) is 6.33 Å². The second kappa shape index (κ2) is 10.8. The van der Waals surface area contributed by atoms with Crippen LogP contribution < -0.4 is 15.6 Å². The summed E-state index contributed by atoms with van der Waals surface area (Å²) in [4.78, 5) is 15.5. The van der Waals surface area contributed by atoms with Crippen LogP contribution in [0.4, 0.5) is 5.95 Å². The summed E-state index contributed by atoms with van der Waals surface area (Å²) in [5.41, 5.74) is 15.7. The summed E-state index contributed by atoms with van der Waals surface area (Å²) in [6, 6.07) is -1.21. The summed E-state index contributed by atoms with van der Waals surface area (Å²) in [6.07, 6.45) is -1.69. The number of fused-ring (bicyclic) bond motifs is 1. The zero-order valence-electron chi connectivity index (χ0n) is 20.5. The van der Waals surface area contributed by atoms with Gasteiger partial charge in [-0.1, -0.05) is 12.0 Å². The molecular formula is C19H30N9O7P. The quantitative estimate of drug-likeness (QED) is 0.198. The smallest absolute Gasteiger partial charge is 0.406 e. The maximum Gasteiger partial charge on any atom is 0.406 e. The van der Waals surface area contributed by atoms with Gasteiger partial charge in [-0.05, 0) is 33.2 Å². The van der Waals surface area contributed by atoms with Gasteiger partial charge in [0.1, 0.15) is 18.4 Å². The Hall–Kier alpha value is -2.55. The first-order valence-corrected chi connectivity index (χ1v) is 13.0. The summed E-state index contributed by atoms with van der Waals surface area (Å²) >= 11 is 0. The number of hydrogen-bond acceptors (Lipinski definition) is 12. The molecule has 2 aliphatic rings. The summed E-state index contributed by atoms with van der Waals surface area (Å²) < 4.78 is 49.0. The van der Waals surface area contributed by atoms with Gasteiger partial charge in [0.15, 0.2) is 23.7 Å². The van der Waals surface area contributed by atoms with Gasteiger partial charge in [0, 0.05) is 4.91 Å². The predicted octanol–water partition coefficient (Wildman–Crippen LogP) is 2.63. The molecule has 198 valence electrons. The fourth-order valence-corrected chi connectivity index (χ4v) is 5.71. The first-order chi connectivity index (χ1) is 17.1. The number of rotatable bonds is 10. The minimum Gasteiger partial charge on any atom is -0.476 e. The van der Waals surface area contributed by atoms with Gasteiger partial charge in [-0.25, -0.2) is 14.6 Å². The molecule has 3 N–H and O–H groups in total. The molecule has 0 amide bonds. The molecule has 2 fully saturated rings. The van der Waals surface area contributed by atoms with Crippen molar-refractivity contribution in [2.45, 2.75) is 77.7 Å². The van der Waals surface area contributed by atoms with Gasteiger partial charge in [-0.2, -0.15) is 9.97 Å². The highest BCUT2D eigenvalue weighted by Crippen LogP contribution is 2.51. The Morgan fingerprint density at radius 1 is 1.39 bits per heavy atom. The molecule has 0 aromatic carbocycles. The van der Waals surface area contributed by atoms with Crippen LogP contribution in [0.25, 0.3) is 21.6 Å². The lowest BCUT2D eigenvalue weighted by Gasteiger charge is -2.42. The molecule has 4 heterocycles. The number of anilines is 1. The van der Waals surface area contributed by atoms with Gasteiger partial charge in [0.25, 0.3) is 0 Å². The summed E-state index contributed by atoms with van der Waals surface area (Å²) in [7, 11) is -3.80. The second-order valence-electron chi connectivity index (χ2n) is 8.35. The van der Waals surface area contributed by atoms with Crippen LogP contribution in [0.3, 0.4) is 0 Å². The van der Waals surface area contributed by atoms with E-state index >= 15 is 0 Å². The molecule has 4 rings (SSSR count). The van der Waals surface area contributed by atoms with E-state index in [1.54, 1.807) is 32.3 Å². The van der Waals surface area contributed by atoms with Crippen LogP contribution in [0, 0.1) is 0 Å². The Bertz CT molecular complexity index is 1170. The maximum absolute atomic E-state index is 13.3. The van der Waals surface area contributed by atoms with Crippen LogP contribution in [0.5, 0.6) is 5.88 Å². The predicted molar refractivity (Wildman–Crippen MR) is 126 cm³/mol. The van der Waals surface area contributed by atoms with Crippen LogP contribution in [-0.2, 0) is 27.8 Å². The van der Waals surface area contributed by atoms with Gasteiger partial charge in [0.05, 0.1) is 31.6 Å². The van der Waals surface area contributed by atoms with E-state index in [0.29, 0.717) is 17.8 Å². The molecule has 16 nitrogen and oxygen atoms in total. The lowest BCUT2D eigenvalue weighted by atomic mass is 10.1. The molecule has 2 aromatic rings. The minimum absolute atomic E-state index is 0.0223. The number of nitrogens with one attached hydrogen (secondary N) is 1. The lowest BCUT2D eigenvalue weighted by molar-refractivity contribution is -0.381. The van der Waals surface area contributed by atoms with Crippen molar-refractivity contribution in [2.75, 3.05) is 18.9 Å². The normalized spacial score (nSPS) is 30.7. The van der Waals surface area contributed by atoms with Crippen molar-refractivity contribution in [3.8, 4) is 5.88 Å². The molecule has 2 saturated heterocycles. The largest absolute Gasteiger partial charge is 0.476 e. The molecule has 2 aromatic heterocycles. The third-order valence-corrected chi connectivity index (χ3v) is 7.35. The van der Waals surface area contributed by atoms with Gasteiger partial charge in [-0.3, -0.25) is 13.6 Å². The van der Waals surface area contributed by atoms with Crippen molar-refractivity contribution in [3.63, 3.8) is 0 Å². The van der Waals surface area contributed by atoms with E-state index in [9.17, 15) is 4.57 Å². The molecule has 0 aliphatic carbocycles. The van der Waals surface area contributed by atoms with Crippen LogP contribution in [0.2, 0.25) is 0 Å². The molecule has 0 saturated carbocycles.